The van der Waals surface area contributed by atoms with E-state index in [1.54, 1.807) is 17.7 Å². The Morgan fingerprint density at radius 3 is 2.31 bits per heavy atom. The van der Waals surface area contributed by atoms with E-state index in [1.165, 1.54) is 0 Å². The SMILES string of the molecule is COc1ccccc1-c1cc(C(=O)N[C@H](C)c2ccccc2)nc2c(-c3ccccc3)c(C)nn12. The van der Waals surface area contributed by atoms with Crippen LogP contribution in [0.4, 0.5) is 0 Å². The van der Waals surface area contributed by atoms with Gasteiger partial charge in [0.25, 0.3) is 5.91 Å². The number of hydrogen-bond donors (Lipinski definition) is 1. The number of nitrogens with one attached hydrogen (secondary N) is 1. The van der Waals surface area contributed by atoms with Crippen molar-refractivity contribution in [2.75, 3.05) is 7.11 Å². The molecule has 0 bridgehead atoms. The highest BCUT2D eigenvalue weighted by Crippen LogP contribution is 2.34. The summed E-state index contributed by atoms with van der Waals surface area (Å²) in [6, 6.07) is 29.2. The number of carbonyl (C=O) groups is 1. The number of para-hydroxylation sites is 1. The number of aromatic nitrogens is 3. The van der Waals surface area contributed by atoms with E-state index in [0.717, 1.165) is 33.6 Å². The van der Waals surface area contributed by atoms with Crippen molar-refractivity contribution < 1.29 is 9.53 Å². The Bertz CT molecular complexity index is 1490. The summed E-state index contributed by atoms with van der Waals surface area (Å²) in [5.41, 5.74) is 6.24. The number of fused-ring (bicyclic) bond motifs is 1. The second kappa shape index (κ2) is 9.43. The second-order valence-corrected chi connectivity index (χ2v) is 8.39. The highest BCUT2D eigenvalue weighted by molar-refractivity contribution is 5.95. The fourth-order valence-corrected chi connectivity index (χ4v) is 4.33. The monoisotopic (exact) mass is 462 g/mol. The van der Waals surface area contributed by atoms with Gasteiger partial charge < -0.3 is 10.1 Å². The zero-order valence-corrected chi connectivity index (χ0v) is 19.9. The maximum Gasteiger partial charge on any atom is 0.270 e. The molecule has 5 aromatic rings. The lowest BCUT2D eigenvalue weighted by atomic mass is 10.1. The molecule has 0 spiro atoms. The maximum atomic E-state index is 13.4. The summed E-state index contributed by atoms with van der Waals surface area (Å²) >= 11 is 0. The number of methoxy groups -OCH3 is 1. The first-order valence-electron chi connectivity index (χ1n) is 11.5. The number of carbonyl (C=O) groups excluding carboxylic acids is 1. The van der Waals surface area contributed by atoms with Gasteiger partial charge in [0.05, 0.1) is 24.5 Å². The summed E-state index contributed by atoms with van der Waals surface area (Å²) in [4.78, 5) is 18.2. The molecule has 6 nitrogen and oxygen atoms in total. The third-order valence-electron chi connectivity index (χ3n) is 6.09. The summed E-state index contributed by atoms with van der Waals surface area (Å²) in [7, 11) is 1.64. The molecule has 2 aromatic heterocycles. The van der Waals surface area contributed by atoms with Gasteiger partial charge >= 0.3 is 0 Å². The Morgan fingerprint density at radius 2 is 1.60 bits per heavy atom. The van der Waals surface area contributed by atoms with Crippen molar-refractivity contribution in [1.82, 2.24) is 19.9 Å². The maximum absolute atomic E-state index is 13.4. The van der Waals surface area contributed by atoms with Crippen LogP contribution in [0.15, 0.2) is 91.0 Å². The van der Waals surface area contributed by atoms with E-state index in [4.69, 9.17) is 14.8 Å². The first-order valence-corrected chi connectivity index (χ1v) is 11.5. The molecule has 0 aliphatic carbocycles. The largest absolute Gasteiger partial charge is 0.496 e. The minimum Gasteiger partial charge on any atom is -0.496 e. The first kappa shape index (κ1) is 22.3. The highest BCUT2D eigenvalue weighted by atomic mass is 16.5. The van der Waals surface area contributed by atoms with E-state index < -0.39 is 0 Å². The third kappa shape index (κ3) is 4.26. The van der Waals surface area contributed by atoms with Crippen molar-refractivity contribution in [3.05, 3.63) is 108 Å². The fourth-order valence-electron chi connectivity index (χ4n) is 4.33. The van der Waals surface area contributed by atoms with Crippen LogP contribution in [-0.2, 0) is 0 Å². The van der Waals surface area contributed by atoms with Gasteiger partial charge in [0, 0.05) is 11.1 Å². The van der Waals surface area contributed by atoms with Gasteiger partial charge in [-0.1, -0.05) is 72.8 Å². The zero-order chi connectivity index (χ0) is 24.4. The van der Waals surface area contributed by atoms with Gasteiger partial charge in [-0.2, -0.15) is 5.10 Å². The minimum absolute atomic E-state index is 0.170. The van der Waals surface area contributed by atoms with Gasteiger partial charge in [-0.15, -0.1) is 0 Å². The molecule has 0 saturated carbocycles. The van der Waals surface area contributed by atoms with Gasteiger partial charge in [-0.25, -0.2) is 9.50 Å². The Balaban J connectivity index is 1.69. The average molecular weight is 463 g/mol. The predicted octanol–water partition coefficient (Wildman–Crippen LogP) is 5.87. The van der Waals surface area contributed by atoms with Crippen LogP contribution in [0.1, 0.15) is 34.7 Å². The molecule has 0 saturated heterocycles. The number of aryl methyl sites for hydroxylation is 1. The molecule has 1 amide bonds. The topological polar surface area (TPSA) is 68.5 Å². The second-order valence-electron chi connectivity index (χ2n) is 8.39. The van der Waals surface area contributed by atoms with Crippen molar-refractivity contribution in [2.24, 2.45) is 0 Å². The smallest absolute Gasteiger partial charge is 0.270 e. The standard InChI is InChI=1S/C29H26N4O2/c1-19(21-12-6-4-7-13-21)30-29(34)24-18-25(23-16-10-11-17-26(23)35-3)33-28(31-24)27(20(2)32-33)22-14-8-5-9-15-22/h4-19H,1-3H3,(H,30,34)/t19-/m1/s1. The van der Waals surface area contributed by atoms with Crippen LogP contribution in [0, 0.1) is 6.92 Å². The molecule has 0 unspecified atom stereocenters. The number of rotatable bonds is 6. The average Bonchev–Trinajstić information content (AvgIpc) is 3.24. The molecule has 2 heterocycles. The predicted molar refractivity (Wildman–Crippen MR) is 137 cm³/mol. The van der Waals surface area contributed by atoms with Gasteiger partial charge in [0.15, 0.2) is 5.65 Å². The lowest BCUT2D eigenvalue weighted by Crippen LogP contribution is -2.27. The van der Waals surface area contributed by atoms with Crippen LogP contribution in [0.2, 0.25) is 0 Å². The Labute approximate surface area is 204 Å². The Morgan fingerprint density at radius 1 is 0.943 bits per heavy atom. The molecule has 1 atom stereocenters. The quantitative estimate of drug-likeness (QED) is 0.343. The summed E-state index contributed by atoms with van der Waals surface area (Å²) in [5, 5.41) is 7.91. The van der Waals surface area contributed by atoms with Crippen LogP contribution >= 0.6 is 0 Å². The number of benzene rings is 3. The van der Waals surface area contributed by atoms with Crippen LogP contribution in [0.5, 0.6) is 5.75 Å². The van der Waals surface area contributed by atoms with Crippen LogP contribution in [-0.4, -0.2) is 27.6 Å². The number of hydrogen-bond acceptors (Lipinski definition) is 4. The molecule has 0 radical (unpaired) electrons. The molecule has 174 valence electrons. The normalized spacial score (nSPS) is 11.9. The van der Waals surface area contributed by atoms with Gasteiger partial charge in [-0.05, 0) is 43.2 Å². The van der Waals surface area contributed by atoms with Crippen molar-refractivity contribution in [1.29, 1.82) is 0 Å². The lowest BCUT2D eigenvalue weighted by Gasteiger charge is -2.15. The van der Waals surface area contributed by atoms with E-state index in [-0.39, 0.29) is 11.9 Å². The molecule has 0 fully saturated rings. The summed E-state index contributed by atoms with van der Waals surface area (Å²) in [5.74, 6) is 0.441. The molecule has 0 aliphatic rings. The van der Waals surface area contributed by atoms with Crippen LogP contribution < -0.4 is 10.1 Å². The highest BCUT2D eigenvalue weighted by Gasteiger charge is 2.22. The van der Waals surface area contributed by atoms with E-state index in [0.29, 0.717) is 17.1 Å². The number of ether oxygens (including phenoxy) is 1. The Kier molecular flexibility index (Phi) is 6.02. The van der Waals surface area contributed by atoms with E-state index in [2.05, 4.69) is 5.32 Å². The lowest BCUT2D eigenvalue weighted by molar-refractivity contribution is 0.0935. The van der Waals surface area contributed by atoms with Crippen molar-refractivity contribution in [2.45, 2.75) is 19.9 Å². The van der Waals surface area contributed by atoms with E-state index in [1.807, 2.05) is 98.8 Å². The van der Waals surface area contributed by atoms with Gasteiger partial charge in [0.2, 0.25) is 0 Å². The van der Waals surface area contributed by atoms with E-state index in [9.17, 15) is 4.79 Å². The molecule has 3 aromatic carbocycles. The van der Waals surface area contributed by atoms with Gasteiger partial charge in [-0.3, -0.25) is 4.79 Å². The zero-order valence-electron chi connectivity index (χ0n) is 19.9. The first-order chi connectivity index (χ1) is 17.1. The van der Waals surface area contributed by atoms with E-state index >= 15 is 0 Å². The summed E-state index contributed by atoms with van der Waals surface area (Å²) in [6.07, 6.45) is 0. The minimum atomic E-state index is -0.252. The van der Waals surface area contributed by atoms with Crippen LogP contribution in [0.25, 0.3) is 28.0 Å². The molecule has 1 N–H and O–H groups in total. The molecule has 0 aliphatic heterocycles. The number of nitrogens with zero attached hydrogens (tertiary/aromatic N) is 3. The molecular formula is C29H26N4O2. The van der Waals surface area contributed by atoms with Crippen molar-refractivity contribution in [3.8, 4) is 28.1 Å². The summed E-state index contributed by atoms with van der Waals surface area (Å²) in [6.45, 7) is 3.92. The molecular weight excluding hydrogens is 436 g/mol. The summed E-state index contributed by atoms with van der Waals surface area (Å²) < 4.78 is 7.43. The van der Waals surface area contributed by atoms with Crippen molar-refractivity contribution >= 4 is 11.6 Å². The van der Waals surface area contributed by atoms with Gasteiger partial charge in [0.1, 0.15) is 11.4 Å². The third-order valence-corrected chi connectivity index (χ3v) is 6.09. The van der Waals surface area contributed by atoms with Crippen LogP contribution in [0.3, 0.4) is 0 Å². The molecule has 35 heavy (non-hydrogen) atoms. The fraction of sp³-hybridized carbons (Fsp3) is 0.138. The molecule has 5 rings (SSSR count). The molecule has 6 heteroatoms. The Hall–Kier alpha value is -4.45. The number of amides is 1. The van der Waals surface area contributed by atoms with Crippen molar-refractivity contribution in [3.63, 3.8) is 0 Å².